The monoisotopic (exact) mass is 325 g/mol. The molecule has 0 aliphatic carbocycles. The molecule has 7 heteroatoms. The zero-order chi connectivity index (χ0) is 17.1. The molecule has 0 fully saturated rings. The molecule has 0 unspecified atom stereocenters. The summed E-state index contributed by atoms with van der Waals surface area (Å²) in [5, 5.41) is 0.523. The van der Waals surface area contributed by atoms with Crippen molar-refractivity contribution in [2.24, 2.45) is 0 Å². The molecule has 24 heavy (non-hydrogen) atoms. The van der Waals surface area contributed by atoms with Crippen molar-refractivity contribution in [3.05, 3.63) is 81.9 Å². The molecule has 3 rings (SSSR count). The van der Waals surface area contributed by atoms with E-state index < -0.39 is 23.2 Å². The first-order valence-corrected chi connectivity index (χ1v) is 7.03. The van der Waals surface area contributed by atoms with Gasteiger partial charge in [0, 0.05) is 17.0 Å². The minimum absolute atomic E-state index is 0.100. The fourth-order valence-electron chi connectivity index (χ4n) is 2.29. The van der Waals surface area contributed by atoms with Gasteiger partial charge in [0.2, 0.25) is 5.56 Å². The second kappa shape index (κ2) is 6.33. The maximum absolute atomic E-state index is 13.5. The lowest BCUT2D eigenvalue weighted by Gasteiger charge is -2.09. The van der Waals surface area contributed by atoms with Crippen molar-refractivity contribution in [3.8, 4) is 0 Å². The van der Waals surface area contributed by atoms with Crippen molar-refractivity contribution in [2.75, 3.05) is 0 Å². The van der Waals surface area contributed by atoms with Crippen LogP contribution in [0.2, 0.25) is 0 Å². The number of hydrogen-bond donors (Lipinski definition) is 3. The van der Waals surface area contributed by atoms with E-state index in [1.54, 1.807) is 24.3 Å². The van der Waals surface area contributed by atoms with Gasteiger partial charge in [-0.1, -0.05) is 30.3 Å². The number of para-hydroxylation sites is 1. The first kappa shape index (κ1) is 15.4. The lowest BCUT2D eigenvalue weighted by molar-refractivity contribution is 0.0845. The zero-order valence-electron chi connectivity index (χ0n) is 12.3. The summed E-state index contributed by atoms with van der Waals surface area (Å²) < 4.78 is 13.5. The van der Waals surface area contributed by atoms with E-state index in [1.807, 2.05) is 0 Å². The Morgan fingerprint density at radius 2 is 1.50 bits per heavy atom. The number of H-pyrrole nitrogens is 1. The molecule has 0 spiro atoms. The molecule has 1 heterocycles. The average molecular weight is 325 g/mol. The van der Waals surface area contributed by atoms with Gasteiger partial charge in [0.1, 0.15) is 5.82 Å². The van der Waals surface area contributed by atoms with Gasteiger partial charge in [-0.05, 0) is 18.2 Å². The highest BCUT2D eigenvalue weighted by Gasteiger charge is 2.14. The Balaban J connectivity index is 1.82. The summed E-state index contributed by atoms with van der Waals surface area (Å²) in [5.41, 5.74) is 4.27. The van der Waals surface area contributed by atoms with Crippen molar-refractivity contribution in [2.45, 2.75) is 0 Å². The number of benzene rings is 2. The van der Waals surface area contributed by atoms with Crippen LogP contribution in [0.25, 0.3) is 10.9 Å². The van der Waals surface area contributed by atoms with Crippen LogP contribution < -0.4 is 16.4 Å². The van der Waals surface area contributed by atoms with Gasteiger partial charge in [0.05, 0.1) is 11.1 Å². The number of aromatic amines is 1. The summed E-state index contributed by atoms with van der Waals surface area (Å²) in [5.74, 6) is -2.18. The molecule has 0 radical (unpaired) electrons. The van der Waals surface area contributed by atoms with Crippen LogP contribution >= 0.6 is 0 Å². The number of nitrogens with one attached hydrogen (secondary N) is 3. The van der Waals surface area contributed by atoms with Crippen LogP contribution in [0.3, 0.4) is 0 Å². The predicted molar refractivity (Wildman–Crippen MR) is 85.9 cm³/mol. The molecular weight excluding hydrogens is 313 g/mol. The quantitative estimate of drug-likeness (QED) is 0.627. The summed E-state index contributed by atoms with van der Waals surface area (Å²) in [7, 11) is 0. The van der Waals surface area contributed by atoms with Crippen LogP contribution in [0.15, 0.2) is 59.4 Å². The van der Waals surface area contributed by atoms with Crippen molar-refractivity contribution in [1.82, 2.24) is 15.8 Å². The number of amides is 2. The van der Waals surface area contributed by atoms with Crippen LogP contribution in [0.4, 0.5) is 4.39 Å². The minimum atomic E-state index is -0.796. The summed E-state index contributed by atoms with van der Waals surface area (Å²) >= 11 is 0. The Morgan fingerprint density at radius 1 is 0.875 bits per heavy atom. The highest BCUT2D eigenvalue weighted by molar-refractivity contribution is 6.07. The molecule has 0 saturated carbocycles. The molecule has 1 aromatic heterocycles. The molecule has 0 bridgehead atoms. The number of rotatable bonds is 2. The average Bonchev–Trinajstić information content (AvgIpc) is 2.59. The third-order valence-electron chi connectivity index (χ3n) is 3.40. The van der Waals surface area contributed by atoms with Gasteiger partial charge in [-0.2, -0.15) is 0 Å². The Kier molecular flexibility index (Phi) is 4.07. The molecule has 3 aromatic rings. The maximum Gasteiger partial charge on any atom is 0.272 e. The molecule has 2 amide bonds. The fourth-order valence-corrected chi connectivity index (χ4v) is 2.29. The highest BCUT2D eigenvalue weighted by atomic mass is 19.1. The van der Waals surface area contributed by atoms with E-state index in [0.29, 0.717) is 10.9 Å². The molecule has 120 valence electrons. The summed E-state index contributed by atoms with van der Waals surface area (Å²) in [6, 6.07) is 13.3. The standard InChI is InChI=1S/C17H12FN3O3/c18-13-7-3-1-6-11(13)16(23)20-21-17(24)12-9-15(22)19-14-8-4-2-5-10(12)14/h1-9H,(H,19,22)(H,20,23)(H,21,24). The number of aromatic nitrogens is 1. The number of carbonyl (C=O) groups excluding carboxylic acids is 2. The van der Waals surface area contributed by atoms with Crippen molar-refractivity contribution in [1.29, 1.82) is 0 Å². The second-order valence-corrected chi connectivity index (χ2v) is 4.98. The number of hydrogen-bond acceptors (Lipinski definition) is 3. The van der Waals surface area contributed by atoms with Gasteiger partial charge in [-0.25, -0.2) is 4.39 Å². The van der Waals surface area contributed by atoms with Crippen LogP contribution in [0.1, 0.15) is 20.7 Å². The SMILES string of the molecule is O=C(NNC(=O)c1cc(=O)[nH]c2ccccc12)c1ccccc1F. The number of halogens is 1. The van der Waals surface area contributed by atoms with Crippen LogP contribution in [-0.4, -0.2) is 16.8 Å². The van der Waals surface area contributed by atoms with E-state index >= 15 is 0 Å². The van der Waals surface area contributed by atoms with Crippen molar-refractivity contribution in [3.63, 3.8) is 0 Å². The van der Waals surface area contributed by atoms with E-state index in [-0.39, 0.29) is 11.1 Å². The van der Waals surface area contributed by atoms with Crippen LogP contribution in [0.5, 0.6) is 0 Å². The van der Waals surface area contributed by atoms with E-state index in [4.69, 9.17) is 0 Å². The number of fused-ring (bicyclic) bond motifs is 1. The maximum atomic E-state index is 13.5. The zero-order valence-corrected chi connectivity index (χ0v) is 12.3. The Morgan fingerprint density at radius 3 is 2.25 bits per heavy atom. The molecule has 0 atom stereocenters. The first-order chi connectivity index (χ1) is 11.6. The van der Waals surface area contributed by atoms with Crippen LogP contribution in [-0.2, 0) is 0 Å². The van der Waals surface area contributed by atoms with Gasteiger partial charge >= 0.3 is 0 Å². The van der Waals surface area contributed by atoms with E-state index in [1.165, 1.54) is 18.2 Å². The van der Waals surface area contributed by atoms with Crippen molar-refractivity contribution < 1.29 is 14.0 Å². The van der Waals surface area contributed by atoms with Gasteiger partial charge in [-0.3, -0.25) is 25.2 Å². The van der Waals surface area contributed by atoms with Gasteiger partial charge < -0.3 is 4.98 Å². The van der Waals surface area contributed by atoms with E-state index in [9.17, 15) is 18.8 Å². The Bertz CT molecular complexity index is 998. The molecule has 2 aromatic carbocycles. The van der Waals surface area contributed by atoms with Gasteiger partial charge in [0.25, 0.3) is 11.8 Å². The number of carbonyl (C=O) groups is 2. The van der Waals surface area contributed by atoms with Crippen LogP contribution in [0, 0.1) is 5.82 Å². The Labute approximate surface area is 135 Å². The largest absolute Gasteiger partial charge is 0.322 e. The fraction of sp³-hybridized carbons (Fsp3) is 0. The molecule has 0 saturated heterocycles. The van der Waals surface area contributed by atoms with Crippen molar-refractivity contribution >= 4 is 22.7 Å². The normalized spacial score (nSPS) is 10.4. The third-order valence-corrected chi connectivity index (χ3v) is 3.40. The lowest BCUT2D eigenvalue weighted by Crippen LogP contribution is -2.42. The molecular formula is C17H12FN3O3. The topological polar surface area (TPSA) is 91.1 Å². The summed E-state index contributed by atoms with van der Waals surface area (Å²) in [4.78, 5) is 38.4. The predicted octanol–water partition coefficient (Wildman–Crippen LogP) is 1.74. The summed E-state index contributed by atoms with van der Waals surface area (Å²) in [6.45, 7) is 0. The lowest BCUT2D eigenvalue weighted by atomic mass is 10.1. The van der Waals surface area contributed by atoms with Gasteiger partial charge in [0.15, 0.2) is 0 Å². The molecule has 6 nitrogen and oxygen atoms in total. The second-order valence-electron chi connectivity index (χ2n) is 4.98. The third kappa shape index (κ3) is 3.00. The molecule has 0 aliphatic rings. The van der Waals surface area contributed by atoms with E-state index in [2.05, 4.69) is 15.8 Å². The summed E-state index contributed by atoms with van der Waals surface area (Å²) in [6.07, 6.45) is 0. The number of pyridine rings is 1. The Hall–Kier alpha value is -3.48. The smallest absolute Gasteiger partial charge is 0.272 e. The molecule has 0 aliphatic heterocycles. The first-order valence-electron chi connectivity index (χ1n) is 7.03. The van der Waals surface area contributed by atoms with Gasteiger partial charge in [-0.15, -0.1) is 0 Å². The highest BCUT2D eigenvalue weighted by Crippen LogP contribution is 2.14. The number of hydrazine groups is 1. The minimum Gasteiger partial charge on any atom is -0.322 e. The van der Waals surface area contributed by atoms with E-state index in [0.717, 1.165) is 12.1 Å². The molecule has 3 N–H and O–H groups in total.